The van der Waals surface area contributed by atoms with Gasteiger partial charge in [-0.2, -0.15) is 0 Å². The number of rotatable bonds is 4. The standard InChI is InChI=1S/C14H16N2O2/c1-10-7-16-13(11(2)14(10)17-3)9-18-12-5-4-6-15-8-12/h4-8H,9H2,1-3H3. The van der Waals surface area contributed by atoms with E-state index in [1.54, 1.807) is 25.7 Å². The van der Waals surface area contributed by atoms with Gasteiger partial charge in [-0.1, -0.05) is 0 Å². The summed E-state index contributed by atoms with van der Waals surface area (Å²) in [6, 6.07) is 3.71. The summed E-state index contributed by atoms with van der Waals surface area (Å²) in [5.41, 5.74) is 2.92. The summed E-state index contributed by atoms with van der Waals surface area (Å²) in [5, 5.41) is 0. The van der Waals surface area contributed by atoms with E-state index in [1.165, 1.54) is 0 Å². The minimum Gasteiger partial charge on any atom is -0.496 e. The lowest BCUT2D eigenvalue weighted by Crippen LogP contribution is -2.04. The minimum atomic E-state index is 0.411. The maximum absolute atomic E-state index is 5.63. The predicted molar refractivity (Wildman–Crippen MR) is 68.8 cm³/mol. The maximum Gasteiger partial charge on any atom is 0.138 e. The Bertz CT molecular complexity index is 527. The van der Waals surface area contributed by atoms with Gasteiger partial charge in [0.2, 0.25) is 0 Å². The molecule has 2 rings (SSSR count). The third kappa shape index (κ3) is 2.59. The fourth-order valence-corrected chi connectivity index (χ4v) is 1.80. The molecule has 0 aliphatic carbocycles. The molecule has 0 aliphatic rings. The van der Waals surface area contributed by atoms with Crippen molar-refractivity contribution < 1.29 is 9.47 Å². The number of hydrogen-bond donors (Lipinski definition) is 0. The molecule has 0 bridgehead atoms. The summed E-state index contributed by atoms with van der Waals surface area (Å²) < 4.78 is 11.0. The minimum absolute atomic E-state index is 0.411. The van der Waals surface area contributed by atoms with Gasteiger partial charge in [-0.25, -0.2) is 0 Å². The Hall–Kier alpha value is -2.10. The van der Waals surface area contributed by atoms with Crippen LogP contribution in [0.1, 0.15) is 16.8 Å². The molecule has 0 amide bonds. The molecule has 4 nitrogen and oxygen atoms in total. The van der Waals surface area contributed by atoms with Gasteiger partial charge in [-0.3, -0.25) is 9.97 Å². The van der Waals surface area contributed by atoms with E-state index in [2.05, 4.69) is 9.97 Å². The molecule has 4 heteroatoms. The summed E-state index contributed by atoms with van der Waals surface area (Å²) in [7, 11) is 1.67. The van der Waals surface area contributed by atoms with Gasteiger partial charge in [0.25, 0.3) is 0 Å². The smallest absolute Gasteiger partial charge is 0.138 e. The van der Waals surface area contributed by atoms with Crippen molar-refractivity contribution in [2.45, 2.75) is 20.5 Å². The van der Waals surface area contributed by atoms with Crippen molar-refractivity contribution in [3.63, 3.8) is 0 Å². The zero-order valence-corrected chi connectivity index (χ0v) is 10.8. The number of ether oxygens (including phenoxy) is 2. The van der Waals surface area contributed by atoms with E-state index >= 15 is 0 Å². The van der Waals surface area contributed by atoms with Gasteiger partial charge < -0.3 is 9.47 Å². The Kier molecular flexibility index (Phi) is 3.77. The molecule has 0 aromatic carbocycles. The second kappa shape index (κ2) is 5.49. The highest BCUT2D eigenvalue weighted by Gasteiger charge is 2.09. The highest BCUT2D eigenvalue weighted by atomic mass is 16.5. The molecule has 0 unspecified atom stereocenters. The quantitative estimate of drug-likeness (QED) is 0.829. The molecule has 18 heavy (non-hydrogen) atoms. The average Bonchev–Trinajstić information content (AvgIpc) is 2.40. The van der Waals surface area contributed by atoms with Crippen LogP contribution in [-0.4, -0.2) is 17.1 Å². The van der Waals surface area contributed by atoms with E-state index in [-0.39, 0.29) is 0 Å². The van der Waals surface area contributed by atoms with Gasteiger partial charge in [0.1, 0.15) is 18.1 Å². The van der Waals surface area contributed by atoms with Gasteiger partial charge >= 0.3 is 0 Å². The molecule has 2 heterocycles. The van der Waals surface area contributed by atoms with E-state index in [0.29, 0.717) is 6.61 Å². The van der Waals surface area contributed by atoms with Crippen molar-refractivity contribution in [2.24, 2.45) is 0 Å². The second-order valence-corrected chi connectivity index (χ2v) is 4.02. The first-order chi connectivity index (χ1) is 8.72. The van der Waals surface area contributed by atoms with E-state index in [4.69, 9.17) is 9.47 Å². The van der Waals surface area contributed by atoms with Gasteiger partial charge in [-0.15, -0.1) is 0 Å². The second-order valence-electron chi connectivity index (χ2n) is 4.02. The molecular weight excluding hydrogens is 228 g/mol. The fraction of sp³-hybridized carbons (Fsp3) is 0.286. The molecular formula is C14H16N2O2. The third-order valence-electron chi connectivity index (χ3n) is 2.76. The highest BCUT2D eigenvalue weighted by molar-refractivity contribution is 5.40. The van der Waals surface area contributed by atoms with E-state index < -0.39 is 0 Å². The van der Waals surface area contributed by atoms with Gasteiger partial charge in [-0.05, 0) is 26.0 Å². The van der Waals surface area contributed by atoms with Crippen LogP contribution >= 0.6 is 0 Å². The molecule has 0 N–H and O–H groups in total. The molecule has 2 aromatic heterocycles. The lowest BCUT2D eigenvalue weighted by atomic mass is 10.1. The van der Waals surface area contributed by atoms with E-state index in [1.807, 2.05) is 26.0 Å². The molecule has 0 spiro atoms. The summed E-state index contributed by atoms with van der Waals surface area (Å²) in [6.45, 7) is 4.37. The van der Waals surface area contributed by atoms with Crippen molar-refractivity contribution in [3.8, 4) is 11.5 Å². The molecule has 0 saturated carbocycles. The average molecular weight is 244 g/mol. The normalized spacial score (nSPS) is 10.2. The number of hydrogen-bond acceptors (Lipinski definition) is 4. The van der Waals surface area contributed by atoms with Gasteiger partial charge in [0.15, 0.2) is 0 Å². The van der Waals surface area contributed by atoms with Crippen molar-refractivity contribution >= 4 is 0 Å². The summed E-state index contributed by atoms with van der Waals surface area (Å²) >= 11 is 0. The Morgan fingerprint density at radius 2 is 2.06 bits per heavy atom. The SMILES string of the molecule is COc1c(C)cnc(COc2cccnc2)c1C. The summed E-state index contributed by atoms with van der Waals surface area (Å²) in [5.74, 6) is 1.60. The number of aromatic nitrogens is 2. The number of aryl methyl sites for hydroxylation is 1. The number of nitrogens with zero attached hydrogens (tertiary/aromatic N) is 2. The largest absolute Gasteiger partial charge is 0.496 e. The lowest BCUT2D eigenvalue weighted by molar-refractivity contribution is 0.297. The van der Waals surface area contributed by atoms with Crippen LogP contribution in [0.3, 0.4) is 0 Å². The van der Waals surface area contributed by atoms with Crippen LogP contribution in [0.25, 0.3) is 0 Å². The topological polar surface area (TPSA) is 44.2 Å². The van der Waals surface area contributed by atoms with Crippen LogP contribution in [0, 0.1) is 13.8 Å². The van der Waals surface area contributed by atoms with Crippen molar-refractivity contribution in [2.75, 3.05) is 7.11 Å². The molecule has 94 valence electrons. The first-order valence-corrected chi connectivity index (χ1v) is 5.74. The first kappa shape index (κ1) is 12.4. The monoisotopic (exact) mass is 244 g/mol. The molecule has 0 aliphatic heterocycles. The van der Waals surface area contributed by atoms with E-state index in [0.717, 1.165) is 28.3 Å². The van der Waals surface area contributed by atoms with Gasteiger partial charge in [0.05, 0.1) is 19.0 Å². The van der Waals surface area contributed by atoms with Crippen molar-refractivity contribution in [1.82, 2.24) is 9.97 Å². The van der Waals surface area contributed by atoms with Crippen molar-refractivity contribution in [3.05, 3.63) is 47.5 Å². The predicted octanol–water partition coefficient (Wildman–Crippen LogP) is 2.68. The van der Waals surface area contributed by atoms with Gasteiger partial charge in [0, 0.05) is 23.5 Å². The molecule has 2 aromatic rings. The van der Waals surface area contributed by atoms with Crippen LogP contribution < -0.4 is 9.47 Å². The van der Waals surface area contributed by atoms with Crippen molar-refractivity contribution in [1.29, 1.82) is 0 Å². The van der Waals surface area contributed by atoms with Crippen LogP contribution in [-0.2, 0) is 6.61 Å². The first-order valence-electron chi connectivity index (χ1n) is 5.74. The molecule has 0 fully saturated rings. The Labute approximate surface area is 107 Å². The van der Waals surface area contributed by atoms with Crippen LogP contribution in [0.4, 0.5) is 0 Å². The Morgan fingerprint density at radius 3 is 2.72 bits per heavy atom. The summed E-state index contributed by atoms with van der Waals surface area (Å²) in [4.78, 5) is 8.37. The van der Waals surface area contributed by atoms with Crippen LogP contribution in [0.2, 0.25) is 0 Å². The van der Waals surface area contributed by atoms with E-state index in [9.17, 15) is 0 Å². The maximum atomic E-state index is 5.63. The summed E-state index contributed by atoms with van der Waals surface area (Å²) in [6.07, 6.45) is 5.19. The van der Waals surface area contributed by atoms with Crippen LogP contribution in [0.15, 0.2) is 30.7 Å². The fourth-order valence-electron chi connectivity index (χ4n) is 1.80. The highest BCUT2D eigenvalue weighted by Crippen LogP contribution is 2.24. The number of methoxy groups -OCH3 is 1. The molecule has 0 saturated heterocycles. The number of pyridine rings is 2. The van der Waals surface area contributed by atoms with Crippen LogP contribution in [0.5, 0.6) is 11.5 Å². The Morgan fingerprint density at radius 1 is 1.22 bits per heavy atom. The lowest BCUT2D eigenvalue weighted by Gasteiger charge is -2.12. The Balaban J connectivity index is 2.15. The zero-order valence-electron chi connectivity index (χ0n) is 10.8. The molecule has 0 radical (unpaired) electrons. The molecule has 0 atom stereocenters. The zero-order chi connectivity index (χ0) is 13.0. The third-order valence-corrected chi connectivity index (χ3v) is 2.76.